The third-order valence-electron chi connectivity index (χ3n) is 5.70. The normalized spacial score (nSPS) is 15.7. The van der Waals surface area contributed by atoms with Crippen molar-refractivity contribution >= 4 is 39.3 Å². The zero-order chi connectivity index (χ0) is 23.5. The maximum atomic E-state index is 13.3. The van der Waals surface area contributed by atoms with Crippen molar-refractivity contribution < 1.29 is 14.4 Å². The van der Waals surface area contributed by atoms with Gasteiger partial charge in [-0.1, -0.05) is 70.5 Å². The van der Waals surface area contributed by atoms with E-state index < -0.39 is 17.9 Å². The van der Waals surface area contributed by atoms with Crippen LogP contribution < -0.4 is 15.8 Å². The topological polar surface area (TPSA) is 78.5 Å². The number of nitrogens with zero attached hydrogens (tertiary/aromatic N) is 1. The van der Waals surface area contributed by atoms with Gasteiger partial charge >= 0.3 is 0 Å². The Labute approximate surface area is 201 Å². The largest absolute Gasteiger partial charge is 0.344 e. The Bertz CT molecular complexity index is 1230. The van der Waals surface area contributed by atoms with Gasteiger partial charge in [-0.2, -0.15) is 0 Å². The Balaban J connectivity index is 1.52. The van der Waals surface area contributed by atoms with Gasteiger partial charge in [0.2, 0.25) is 5.91 Å². The summed E-state index contributed by atoms with van der Waals surface area (Å²) in [5, 5.41) is 4.02. The average Bonchev–Trinajstić information content (AvgIpc) is 2.89. The number of hydrazine groups is 1. The molecule has 33 heavy (non-hydrogen) atoms. The van der Waals surface area contributed by atoms with E-state index >= 15 is 0 Å². The van der Waals surface area contributed by atoms with E-state index in [-0.39, 0.29) is 18.2 Å². The van der Waals surface area contributed by atoms with Crippen LogP contribution in [0, 0.1) is 0 Å². The molecular weight excluding hydrogens is 482 g/mol. The van der Waals surface area contributed by atoms with Crippen molar-refractivity contribution in [2.24, 2.45) is 0 Å². The first-order chi connectivity index (χ1) is 15.8. The molecule has 4 rings (SSSR count). The molecule has 0 aliphatic carbocycles. The van der Waals surface area contributed by atoms with Gasteiger partial charge in [0, 0.05) is 10.0 Å². The fourth-order valence-corrected chi connectivity index (χ4v) is 4.42. The van der Waals surface area contributed by atoms with E-state index in [1.807, 2.05) is 73.7 Å². The second kappa shape index (κ2) is 9.58. The molecule has 3 amide bonds. The minimum atomic E-state index is -0.828. The highest BCUT2D eigenvalue weighted by Crippen LogP contribution is 2.39. The maximum absolute atomic E-state index is 13.3. The summed E-state index contributed by atoms with van der Waals surface area (Å²) in [6.07, 6.45) is 0.148. The molecule has 2 N–H and O–H groups in total. The second-order valence-corrected chi connectivity index (χ2v) is 8.99. The summed E-state index contributed by atoms with van der Waals surface area (Å²) >= 11 is 3.39. The molecular formula is C26H24BrN3O3. The number of carbonyl (C=O) groups excluding carboxylic acids is 3. The number of fused-ring (bicyclic) bond motifs is 3. The molecule has 3 aromatic carbocycles. The van der Waals surface area contributed by atoms with E-state index in [1.54, 1.807) is 13.0 Å². The van der Waals surface area contributed by atoms with Crippen LogP contribution in [0.4, 0.5) is 5.69 Å². The molecule has 2 atom stereocenters. The first-order valence-corrected chi connectivity index (χ1v) is 11.5. The number of hydrogen-bond donors (Lipinski definition) is 2. The van der Waals surface area contributed by atoms with Crippen LogP contribution in [-0.4, -0.2) is 23.8 Å². The molecule has 0 aromatic heterocycles. The van der Waals surface area contributed by atoms with Crippen LogP contribution in [0.5, 0.6) is 0 Å². The van der Waals surface area contributed by atoms with Gasteiger partial charge in [-0.25, -0.2) is 5.01 Å². The summed E-state index contributed by atoms with van der Waals surface area (Å²) in [5.74, 6) is -1.44. The van der Waals surface area contributed by atoms with Crippen molar-refractivity contribution in [3.05, 3.63) is 88.4 Å². The molecule has 1 aliphatic rings. The minimum Gasteiger partial charge on any atom is -0.344 e. The van der Waals surface area contributed by atoms with Crippen LogP contribution in [0.3, 0.4) is 0 Å². The summed E-state index contributed by atoms with van der Waals surface area (Å²) in [5.41, 5.74) is 6.88. The summed E-state index contributed by atoms with van der Waals surface area (Å²) in [7, 11) is 0. The van der Waals surface area contributed by atoms with Crippen LogP contribution >= 0.6 is 15.9 Å². The molecule has 1 unspecified atom stereocenters. The van der Waals surface area contributed by atoms with Crippen LogP contribution in [0.15, 0.2) is 77.3 Å². The van der Waals surface area contributed by atoms with E-state index in [9.17, 15) is 14.4 Å². The Morgan fingerprint density at radius 3 is 2.45 bits per heavy atom. The van der Waals surface area contributed by atoms with Gasteiger partial charge in [0.25, 0.3) is 11.8 Å². The summed E-state index contributed by atoms with van der Waals surface area (Å²) in [6, 6.07) is 21.8. The van der Waals surface area contributed by atoms with Gasteiger partial charge in [-0.15, -0.1) is 0 Å². The van der Waals surface area contributed by atoms with Crippen molar-refractivity contribution in [2.45, 2.75) is 32.2 Å². The fraction of sp³-hybridized carbons (Fsp3) is 0.192. The number of carbonyl (C=O) groups is 3. The van der Waals surface area contributed by atoms with Gasteiger partial charge < -0.3 is 5.32 Å². The first-order valence-electron chi connectivity index (χ1n) is 10.7. The third-order valence-corrected chi connectivity index (χ3v) is 6.19. The van der Waals surface area contributed by atoms with E-state index in [0.717, 1.165) is 26.7 Å². The molecule has 0 saturated heterocycles. The molecule has 0 fully saturated rings. The van der Waals surface area contributed by atoms with Gasteiger partial charge in [0.05, 0.1) is 18.0 Å². The lowest BCUT2D eigenvalue weighted by atomic mass is 9.92. The predicted octanol–water partition coefficient (Wildman–Crippen LogP) is 4.34. The van der Waals surface area contributed by atoms with Crippen molar-refractivity contribution in [3.63, 3.8) is 0 Å². The smallest absolute Gasteiger partial charge is 0.261 e. The number of para-hydroxylation sites is 1. The molecule has 7 heteroatoms. The molecule has 6 nitrogen and oxygen atoms in total. The highest BCUT2D eigenvalue weighted by molar-refractivity contribution is 9.10. The van der Waals surface area contributed by atoms with E-state index in [4.69, 9.17) is 0 Å². The molecule has 168 valence electrons. The molecule has 0 saturated carbocycles. The van der Waals surface area contributed by atoms with Crippen molar-refractivity contribution in [1.82, 2.24) is 10.7 Å². The highest BCUT2D eigenvalue weighted by atomic mass is 79.9. The lowest BCUT2D eigenvalue weighted by Gasteiger charge is -2.27. The van der Waals surface area contributed by atoms with Gasteiger partial charge in [-0.3, -0.25) is 19.8 Å². The van der Waals surface area contributed by atoms with Gasteiger partial charge in [-0.05, 0) is 48.7 Å². The number of rotatable bonds is 5. The Hall–Kier alpha value is -3.45. The monoisotopic (exact) mass is 505 g/mol. The summed E-state index contributed by atoms with van der Waals surface area (Å²) in [6.45, 7) is 3.43. The maximum Gasteiger partial charge on any atom is 0.261 e. The number of halogens is 1. The first kappa shape index (κ1) is 22.7. The van der Waals surface area contributed by atoms with Gasteiger partial charge in [0.1, 0.15) is 6.04 Å². The zero-order valence-electron chi connectivity index (χ0n) is 18.3. The minimum absolute atomic E-state index is 0.148. The zero-order valence-corrected chi connectivity index (χ0v) is 19.9. The Morgan fingerprint density at radius 1 is 1.00 bits per heavy atom. The van der Waals surface area contributed by atoms with Crippen molar-refractivity contribution in [2.75, 3.05) is 5.01 Å². The number of hydrogen-bond acceptors (Lipinski definition) is 3. The summed E-state index contributed by atoms with van der Waals surface area (Å²) in [4.78, 5) is 38.8. The molecule has 0 bridgehead atoms. The molecule has 1 aliphatic heterocycles. The van der Waals surface area contributed by atoms with Gasteiger partial charge in [0.15, 0.2) is 0 Å². The second-order valence-electron chi connectivity index (χ2n) is 8.07. The third kappa shape index (κ3) is 4.83. The SMILES string of the molecule is CC1C(=O)N(NC(=O)[C@H](C)NC(=O)Cc2cccc(Br)c2)c2ccccc2-c2ccccc21. The molecule has 3 aromatic rings. The number of benzene rings is 3. The van der Waals surface area contributed by atoms with E-state index in [2.05, 4.69) is 26.7 Å². The van der Waals surface area contributed by atoms with Crippen molar-refractivity contribution in [1.29, 1.82) is 0 Å². The molecule has 0 radical (unpaired) electrons. The van der Waals surface area contributed by atoms with Crippen LogP contribution in [0.2, 0.25) is 0 Å². The highest BCUT2D eigenvalue weighted by Gasteiger charge is 2.33. The fourth-order valence-electron chi connectivity index (χ4n) is 3.97. The average molecular weight is 506 g/mol. The number of amides is 3. The van der Waals surface area contributed by atoms with Crippen molar-refractivity contribution in [3.8, 4) is 11.1 Å². The molecule has 1 heterocycles. The standard InChI is InChI=1S/C26H24BrN3O3/c1-16-20-10-3-4-11-21(20)22-12-5-6-13-23(22)30(26(16)33)29-25(32)17(2)28-24(31)15-18-8-7-9-19(27)14-18/h3-14,16-17H,15H2,1-2H3,(H,28,31)(H,29,32)/t16?,17-/m0/s1. The van der Waals surface area contributed by atoms with E-state index in [1.165, 1.54) is 5.01 Å². The van der Waals surface area contributed by atoms with Crippen LogP contribution in [0.1, 0.15) is 30.9 Å². The number of nitrogens with one attached hydrogen (secondary N) is 2. The Kier molecular flexibility index (Phi) is 6.60. The predicted molar refractivity (Wildman–Crippen MR) is 131 cm³/mol. The summed E-state index contributed by atoms with van der Waals surface area (Å²) < 4.78 is 0.882. The van der Waals surface area contributed by atoms with E-state index in [0.29, 0.717) is 5.69 Å². The lowest BCUT2D eigenvalue weighted by molar-refractivity contribution is -0.130. The van der Waals surface area contributed by atoms with Crippen LogP contribution in [0.25, 0.3) is 11.1 Å². The number of anilines is 1. The lowest BCUT2D eigenvalue weighted by Crippen LogP contribution is -2.54. The van der Waals surface area contributed by atoms with Crippen LogP contribution in [-0.2, 0) is 20.8 Å². The molecule has 0 spiro atoms. The quantitative estimate of drug-likeness (QED) is 0.541. The Morgan fingerprint density at radius 2 is 1.70 bits per heavy atom.